The predicted molar refractivity (Wildman–Crippen MR) is 112 cm³/mol. The van der Waals surface area contributed by atoms with Crippen LogP contribution in [0.1, 0.15) is 30.4 Å². The number of unbranched alkanes of at least 4 members (excludes halogenated alkanes) is 1. The molecule has 3 rings (SSSR count). The Balaban J connectivity index is 1.33. The molecule has 0 aliphatic carbocycles. The number of carbonyl (C=O) groups is 3. The van der Waals surface area contributed by atoms with E-state index in [0.717, 1.165) is 11.1 Å². The highest BCUT2D eigenvalue weighted by molar-refractivity contribution is 5.83. The van der Waals surface area contributed by atoms with Crippen molar-refractivity contribution in [3.05, 3.63) is 71.8 Å². The molecule has 31 heavy (non-hydrogen) atoms. The summed E-state index contributed by atoms with van der Waals surface area (Å²) in [5.74, 6) is -0.438. The number of rotatable bonds is 9. The van der Waals surface area contributed by atoms with Gasteiger partial charge in [-0.15, -0.1) is 0 Å². The Labute approximate surface area is 181 Å². The van der Waals surface area contributed by atoms with Crippen LogP contribution in [0.15, 0.2) is 60.7 Å². The number of hydrogen-bond donors (Lipinski definition) is 1. The van der Waals surface area contributed by atoms with Crippen LogP contribution < -0.4 is 5.32 Å². The Bertz CT molecular complexity index is 859. The van der Waals surface area contributed by atoms with E-state index < -0.39 is 24.2 Å². The summed E-state index contributed by atoms with van der Waals surface area (Å²) in [6.07, 6.45) is 0.621. The number of ether oxygens (including phenoxy) is 3. The van der Waals surface area contributed by atoms with E-state index in [-0.39, 0.29) is 19.9 Å². The van der Waals surface area contributed by atoms with Crippen LogP contribution in [-0.2, 0) is 32.2 Å². The largest absolute Gasteiger partial charge is 0.445 e. The van der Waals surface area contributed by atoms with E-state index >= 15 is 0 Å². The van der Waals surface area contributed by atoms with Gasteiger partial charge < -0.3 is 19.5 Å². The number of amides is 2. The second-order valence-corrected chi connectivity index (χ2v) is 7.10. The Hall–Kier alpha value is -3.55. The number of alkyl carbamates (subject to hydrolysis) is 1. The van der Waals surface area contributed by atoms with Crippen LogP contribution in [0.5, 0.6) is 0 Å². The topological polar surface area (TPSA) is 94.2 Å². The van der Waals surface area contributed by atoms with E-state index in [0.29, 0.717) is 25.8 Å². The van der Waals surface area contributed by atoms with Crippen molar-refractivity contribution >= 4 is 18.2 Å². The number of benzene rings is 2. The van der Waals surface area contributed by atoms with Gasteiger partial charge in [0.1, 0.15) is 19.3 Å². The summed E-state index contributed by atoms with van der Waals surface area (Å²) < 4.78 is 15.5. The highest BCUT2D eigenvalue weighted by atomic mass is 16.6. The third-order valence-electron chi connectivity index (χ3n) is 4.82. The van der Waals surface area contributed by atoms with Gasteiger partial charge in [-0.2, -0.15) is 0 Å². The maximum Gasteiger partial charge on any atom is 0.413 e. The van der Waals surface area contributed by atoms with Gasteiger partial charge in [-0.1, -0.05) is 60.7 Å². The molecule has 0 unspecified atom stereocenters. The molecular formula is C23H26N2O6. The van der Waals surface area contributed by atoms with Crippen LogP contribution in [0.25, 0.3) is 0 Å². The Morgan fingerprint density at radius 1 is 0.935 bits per heavy atom. The number of hydrogen-bond acceptors (Lipinski definition) is 6. The van der Waals surface area contributed by atoms with Crippen molar-refractivity contribution in [1.82, 2.24) is 10.2 Å². The van der Waals surface area contributed by atoms with Crippen molar-refractivity contribution < 1.29 is 28.6 Å². The Morgan fingerprint density at radius 3 is 2.19 bits per heavy atom. The standard InChI is InChI=1S/C23H26N2O6/c26-21-20(25(17-31-21)23(28)30-16-19-11-5-2-6-12-19)13-7-8-14-24-22(27)29-15-18-9-3-1-4-10-18/h1-6,9-12,20H,7-8,13-17H2,(H,24,27)/t20-/m0/s1. The molecule has 8 heteroatoms. The van der Waals surface area contributed by atoms with Crippen molar-refractivity contribution in [1.29, 1.82) is 0 Å². The fourth-order valence-corrected chi connectivity index (χ4v) is 3.13. The first-order valence-corrected chi connectivity index (χ1v) is 10.2. The molecule has 1 N–H and O–H groups in total. The van der Waals surface area contributed by atoms with E-state index in [9.17, 15) is 14.4 Å². The average Bonchev–Trinajstić information content (AvgIpc) is 3.17. The van der Waals surface area contributed by atoms with E-state index in [1.54, 1.807) is 0 Å². The molecule has 0 saturated carbocycles. The highest BCUT2D eigenvalue weighted by Gasteiger charge is 2.38. The summed E-state index contributed by atoms with van der Waals surface area (Å²) in [6, 6.07) is 18.1. The maximum absolute atomic E-state index is 12.3. The quantitative estimate of drug-likeness (QED) is 0.374. The van der Waals surface area contributed by atoms with Crippen LogP contribution in [-0.4, -0.2) is 42.4 Å². The monoisotopic (exact) mass is 426 g/mol. The number of cyclic esters (lactones) is 1. The lowest BCUT2D eigenvalue weighted by atomic mass is 10.1. The fourth-order valence-electron chi connectivity index (χ4n) is 3.13. The molecule has 0 bridgehead atoms. The lowest BCUT2D eigenvalue weighted by molar-refractivity contribution is -0.139. The summed E-state index contributed by atoms with van der Waals surface area (Å²) in [7, 11) is 0. The Morgan fingerprint density at radius 2 is 1.55 bits per heavy atom. The molecule has 1 aliphatic rings. The molecule has 1 aliphatic heterocycles. The SMILES string of the molecule is O=C(NCCCC[C@H]1C(=O)OCN1C(=O)OCc1ccccc1)OCc1ccccc1. The van der Waals surface area contributed by atoms with E-state index in [4.69, 9.17) is 14.2 Å². The summed E-state index contributed by atoms with van der Waals surface area (Å²) in [5, 5.41) is 2.68. The molecule has 0 aromatic heterocycles. The molecule has 1 fully saturated rings. The normalized spacial score (nSPS) is 15.3. The van der Waals surface area contributed by atoms with Gasteiger partial charge in [-0.25, -0.2) is 14.4 Å². The smallest absolute Gasteiger partial charge is 0.413 e. The van der Waals surface area contributed by atoms with Crippen molar-refractivity contribution in [2.45, 2.75) is 38.5 Å². The van der Waals surface area contributed by atoms with Gasteiger partial charge in [0, 0.05) is 6.54 Å². The number of esters is 1. The molecule has 1 atom stereocenters. The first-order chi connectivity index (χ1) is 15.1. The van der Waals surface area contributed by atoms with Crippen LogP contribution in [0.3, 0.4) is 0 Å². The predicted octanol–water partition coefficient (Wildman–Crippen LogP) is 3.60. The summed E-state index contributed by atoms with van der Waals surface area (Å²) in [6.45, 7) is 0.641. The molecule has 0 radical (unpaired) electrons. The van der Waals surface area contributed by atoms with Crippen molar-refractivity contribution in [2.75, 3.05) is 13.3 Å². The molecule has 2 aromatic carbocycles. The van der Waals surface area contributed by atoms with Crippen LogP contribution in [0.2, 0.25) is 0 Å². The second-order valence-electron chi connectivity index (χ2n) is 7.10. The molecule has 0 spiro atoms. The number of nitrogens with one attached hydrogen (secondary N) is 1. The van der Waals surface area contributed by atoms with Gasteiger partial charge in [0.2, 0.25) is 0 Å². The number of carbonyl (C=O) groups excluding carboxylic acids is 3. The van der Waals surface area contributed by atoms with Gasteiger partial charge in [-0.3, -0.25) is 4.90 Å². The molecular weight excluding hydrogens is 400 g/mol. The average molecular weight is 426 g/mol. The van der Waals surface area contributed by atoms with Crippen molar-refractivity contribution in [3.8, 4) is 0 Å². The van der Waals surface area contributed by atoms with Gasteiger partial charge in [-0.05, 0) is 30.4 Å². The van der Waals surface area contributed by atoms with Gasteiger partial charge in [0.15, 0.2) is 6.73 Å². The van der Waals surface area contributed by atoms with Gasteiger partial charge >= 0.3 is 18.2 Å². The molecule has 2 aromatic rings. The third-order valence-corrected chi connectivity index (χ3v) is 4.82. The summed E-state index contributed by atoms with van der Waals surface area (Å²) >= 11 is 0. The maximum atomic E-state index is 12.3. The molecule has 164 valence electrons. The minimum Gasteiger partial charge on any atom is -0.445 e. The third kappa shape index (κ3) is 7.02. The minimum absolute atomic E-state index is 0.110. The van der Waals surface area contributed by atoms with E-state index in [1.165, 1.54) is 4.90 Å². The van der Waals surface area contributed by atoms with Gasteiger partial charge in [0.05, 0.1) is 0 Å². The lowest BCUT2D eigenvalue weighted by Gasteiger charge is -2.19. The molecule has 1 heterocycles. The number of nitrogens with zero attached hydrogens (tertiary/aromatic N) is 1. The summed E-state index contributed by atoms with van der Waals surface area (Å²) in [5.41, 5.74) is 1.78. The zero-order chi connectivity index (χ0) is 21.9. The molecule has 2 amide bonds. The van der Waals surface area contributed by atoms with Crippen molar-refractivity contribution in [2.24, 2.45) is 0 Å². The summed E-state index contributed by atoms with van der Waals surface area (Å²) in [4.78, 5) is 37.4. The molecule has 8 nitrogen and oxygen atoms in total. The van der Waals surface area contributed by atoms with Crippen LogP contribution in [0, 0.1) is 0 Å². The lowest BCUT2D eigenvalue weighted by Crippen LogP contribution is -2.38. The minimum atomic E-state index is -0.673. The van der Waals surface area contributed by atoms with Crippen LogP contribution >= 0.6 is 0 Å². The van der Waals surface area contributed by atoms with Crippen molar-refractivity contribution in [3.63, 3.8) is 0 Å². The first-order valence-electron chi connectivity index (χ1n) is 10.2. The highest BCUT2D eigenvalue weighted by Crippen LogP contribution is 2.19. The zero-order valence-electron chi connectivity index (χ0n) is 17.2. The van der Waals surface area contributed by atoms with Gasteiger partial charge in [0.25, 0.3) is 0 Å². The van der Waals surface area contributed by atoms with Crippen LogP contribution in [0.4, 0.5) is 9.59 Å². The Kier molecular flexibility index (Phi) is 8.28. The second kappa shape index (κ2) is 11.6. The molecule has 1 saturated heterocycles. The zero-order valence-corrected chi connectivity index (χ0v) is 17.2. The van der Waals surface area contributed by atoms with E-state index in [2.05, 4.69) is 5.32 Å². The first kappa shape index (κ1) is 22.1. The van der Waals surface area contributed by atoms with E-state index in [1.807, 2.05) is 60.7 Å². The fraction of sp³-hybridized carbons (Fsp3) is 0.348.